The highest BCUT2D eigenvalue weighted by atomic mass is 32.1. The van der Waals surface area contributed by atoms with Gasteiger partial charge in [-0.05, 0) is 50.3 Å². The molecule has 0 aliphatic heterocycles. The van der Waals surface area contributed by atoms with Gasteiger partial charge in [-0.1, -0.05) is 24.3 Å². The van der Waals surface area contributed by atoms with Crippen molar-refractivity contribution in [3.8, 4) is 5.75 Å². The maximum Gasteiger partial charge on any atom is 0.338 e. The number of rotatable bonds is 7. The van der Waals surface area contributed by atoms with Gasteiger partial charge >= 0.3 is 5.97 Å². The van der Waals surface area contributed by atoms with Crippen LogP contribution in [-0.2, 0) is 11.3 Å². The number of ether oxygens (including phenoxy) is 2. The molecule has 0 unspecified atom stereocenters. The molecule has 2 aromatic carbocycles. The largest absolute Gasteiger partial charge is 0.494 e. The van der Waals surface area contributed by atoms with Crippen LogP contribution in [-0.4, -0.2) is 24.3 Å². The molecule has 6 heteroatoms. The monoisotopic (exact) mass is 358 g/mol. The first kappa shape index (κ1) is 18.7. The van der Waals surface area contributed by atoms with Gasteiger partial charge in [-0.3, -0.25) is 0 Å². The van der Waals surface area contributed by atoms with Gasteiger partial charge in [0.25, 0.3) is 0 Å². The minimum atomic E-state index is -0.351. The summed E-state index contributed by atoms with van der Waals surface area (Å²) in [7, 11) is 0. The second kappa shape index (κ2) is 9.64. The fraction of sp³-hybridized carbons (Fsp3) is 0.263. The lowest BCUT2D eigenvalue weighted by molar-refractivity contribution is 0.0526. The van der Waals surface area contributed by atoms with E-state index in [1.807, 2.05) is 37.3 Å². The fourth-order valence-corrected chi connectivity index (χ4v) is 2.43. The second-order valence-electron chi connectivity index (χ2n) is 5.15. The topological polar surface area (TPSA) is 59.6 Å². The van der Waals surface area contributed by atoms with Crippen LogP contribution in [0.5, 0.6) is 5.75 Å². The molecule has 132 valence electrons. The third-order valence-corrected chi connectivity index (χ3v) is 3.59. The lowest BCUT2D eigenvalue weighted by Crippen LogP contribution is -2.28. The third kappa shape index (κ3) is 5.76. The summed E-state index contributed by atoms with van der Waals surface area (Å²) >= 11 is 5.32. The molecule has 0 aromatic heterocycles. The standard InChI is InChI=1S/C19H22N2O3S/c1-3-23-17-11-6-5-8-15(17)13-20-19(25)21-16-10-7-9-14(12-16)18(22)24-4-2/h5-12H,3-4,13H2,1-2H3,(H2,20,21,25). The molecule has 0 radical (unpaired) electrons. The van der Waals surface area contributed by atoms with Gasteiger partial charge in [0.15, 0.2) is 5.11 Å². The Bertz CT molecular complexity index is 734. The van der Waals surface area contributed by atoms with Gasteiger partial charge in [-0.2, -0.15) is 0 Å². The van der Waals surface area contributed by atoms with Crippen molar-refractivity contribution < 1.29 is 14.3 Å². The van der Waals surface area contributed by atoms with E-state index in [1.54, 1.807) is 25.1 Å². The van der Waals surface area contributed by atoms with E-state index in [-0.39, 0.29) is 5.97 Å². The Balaban J connectivity index is 1.95. The lowest BCUT2D eigenvalue weighted by Gasteiger charge is -2.14. The van der Waals surface area contributed by atoms with Gasteiger partial charge in [0.2, 0.25) is 0 Å². The van der Waals surface area contributed by atoms with E-state index in [0.29, 0.717) is 30.4 Å². The smallest absolute Gasteiger partial charge is 0.338 e. The van der Waals surface area contributed by atoms with Crippen molar-refractivity contribution in [2.45, 2.75) is 20.4 Å². The Morgan fingerprint density at radius 1 is 1.08 bits per heavy atom. The minimum Gasteiger partial charge on any atom is -0.494 e. The molecule has 0 saturated heterocycles. The van der Waals surface area contributed by atoms with Crippen molar-refractivity contribution in [1.29, 1.82) is 0 Å². The zero-order valence-corrected chi connectivity index (χ0v) is 15.2. The van der Waals surface area contributed by atoms with Crippen molar-refractivity contribution in [1.82, 2.24) is 5.32 Å². The number of anilines is 1. The number of carbonyl (C=O) groups is 1. The number of benzene rings is 2. The zero-order chi connectivity index (χ0) is 18.1. The number of thiocarbonyl (C=S) groups is 1. The van der Waals surface area contributed by atoms with Crippen molar-refractivity contribution >= 4 is 29.0 Å². The number of esters is 1. The summed E-state index contributed by atoms with van der Waals surface area (Å²) in [5.74, 6) is 0.486. The Morgan fingerprint density at radius 3 is 2.64 bits per heavy atom. The first-order valence-electron chi connectivity index (χ1n) is 8.16. The number of para-hydroxylation sites is 1. The van der Waals surface area contributed by atoms with E-state index in [1.165, 1.54) is 0 Å². The molecular weight excluding hydrogens is 336 g/mol. The molecule has 0 saturated carbocycles. The van der Waals surface area contributed by atoms with E-state index >= 15 is 0 Å². The fourth-order valence-electron chi connectivity index (χ4n) is 2.24. The Morgan fingerprint density at radius 2 is 1.88 bits per heavy atom. The normalized spacial score (nSPS) is 10.0. The van der Waals surface area contributed by atoms with Crippen LogP contribution in [0.3, 0.4) is 0 Å². The summed E-state index contributed by atoms with van der Waals surface area (Å²) in [6.45, 7) is 5.22. The molecule has 2 rings (SSSR count). The lowest BCUT2D eigenvalue weighted by atomic mass is 10.2. The van der Waals surface area contributed by atoms with Crippen LogP contribution in [0.15, 0.2) is 48.5 Å². The molecule has 0 spiro atoms. The molecule has 2 aromatic rings. The summed E-state index contributed by atoms with van der Waals surface area (Å²) in [4.78, 5) is 11.8. The van der Waals surface area contributed by atoms with Crippen LogP contribution in [0, 0.1) is 0 Å². The average molecular weight is 358 g/mol. The van der Waals surface area contributed by atoms with Crippen LogP contribution in [0.2, 0.25) is 0 Å². The summed E-state index contributed by atoms with van der Waals surface area (Å²) in [6, 6.07) is 14.8. The molecule has 2 N–H and O–H groups in total. The summed E-state index contributed by atoms with van der Waals surface area (Å²) < 4.78 is 10.6. The van der Waals surface area contributed by atoms with Crippen molar-refractivity contribution in [3.63, 3.8) is 0 Å². The quantitative estimate of drug-likeness (QED) is 0.581. The third-order valence-electron chi connectivity index (χ3n) is 3.34. The van der Waals surface area contributed by atoms with Crippen molar-refractivity contribution in [3.05, 3.63) is 59.7 Å². The van der Waals surface area contributed by atoms with E-state index in [9.17, 15) is 4.79 Å². The number of hydrogen-bond acceptors (Lipinski definition) is 4. The summed E-state index contributed by atoms with van der Waals surface area (Å²) in [5.41, 5.74) is 2.23. The van der Waals surface area contributed by atoms with Crippen LogP contribution in [0.25, 0.3) is 0 Å². The van der Waals surface area contributed by atoms with Gasteiger partial charge < -0.3 is 20.1 Å². The Hall–Kier alpha value is -2.60. The van der Waals surface area contributed by atoms with Crippen molar-refractivity contribution in [2.75, 3.05) is 18.5 Å². The molecule has 25 heavy (non-hydrogen) atoms. The molecule has 5 nitrogen and oxygen atoms in total. The van der Waals surface area contributed by atoms with E-state index in [0.717, 1.165) is 17.0 Å². The van der Waals surface area contributed by atoms with Gasteiger partial charge in [-0.25, -0.2) is 4.79 Å². The molecule has 0 amide bonds. The Labute approximate surface area is 153 Å². The summed E-state index contributed by atoms with van der Waals surface area (Å²) in [6.07, 6.45) is 0. The predicted molar refractivity (Wildman–Crippen MR) is 103 cm³/mol. The van der Waals surface area contributed by atoms with Crippen LogP contribution in [0.1, 0.15) is 29.8 Å². The van der Waals surface area contributed by atoms with Gasteiger partial charge in [0.1, 0.15) is 5.75 Å². The predicted octanol–water partition coefficient (Wildman–Crippen LogP) is 3.75. The molecular formula is C19H22N2O3S. The molecule has 0 bridgehead atoms. The van der Waals surface area contributed by atoms with Gasteiger partial charge in [-0.15, -0.1) is 0 Å². The van der Waals surface area contributed by atoms with Crippen LogP contribution < -0.4 is 15.4 Å². The average Bonchev–Trinajstić information content (AvgIpc) is 2.62. The highest BCUT2D eigenvalue weighted by Gasteiger charge is 2.08. The van der Waals surface area contributed by atoms with Crippen molar-refractivity contribution in [2.24, 2.45) is 0 Å². The van der Waals surface area contributed by atoms with Gasteiger partial charge in [0, 0.05) is 17.8 Å². The number of carbonyl (C=O) groups excluding carboxylic acids is 1. The zero-order valence-electron chi connectivity index (χ0n) is 14.4. The van der Waals surface area contributed by atoms with E-state index < -0.39 is 0 Å². The maximum absolute atomic E-state index is 11.8. The van der Waals surface area contributed by atoms with E-state index in [2.05, 4.69) is 10.6 Å². The minimum absolute atomic E-state index is 0.343. The van der Waals surface area contributed by atoms with Crippen LogP contribution >= 0.6 is 12.2 Å². The molecule has 0 aliphatic carbocycles. The molecule has 0 fully saturated rings. The first-order chi connectivity index (χ1) is 12.1. The highest BCUT2D eigenvalue weighted by Crippen LogP contribution is 2.17. The summed E-state index contributed by atoms with van der Waals surface area (Å²) in [5, 5.41) is 6.68. The highest BCUT2D eigenvalue weighted by molar-refractivity contribution is 7.80. The Kier molecular flexibility index (Phi) is 7.22. The number of nitrogens with one attached hydrogen (secondary N) is 2. The second-order valence-corrected chi connectivity index (χ2v) is 5.56. The van der Waals surface area contributed by atoms with E-state index in [4.69, 9.17) is 21.7 Å². The SMILES string of the molecule is CCOC(=O)c1cccc(NC(=S)NCc2ccccc2OCC)c1. The van der Waals surface area contributed by atoms with Gasteiger partial charge in [0.05, 0.1) is 18.8 Å². The molecule has 0 heterocycles. The number of hydrogen-bond donors (Lipinski definition) is 2. The van der Waals surface area contributed by atoms with Crippen LogP contribution in [0.4, 0.5) is 5.69 Å². The maximum atomic E-state index is 11.8. The molecule has 0 aliphatic rings. The molecule has 0 atom stereocenters. The first-order valence-corrected chi connectivity index (χ1v) is 8.57.